The van der Waals surface area contributed by atoms with Gasteiger partial charge in [0.1, 0.15) is 0 Å². The van der Waals surface area contributed by atoms with Crippen LogP contribution in [-0.4, -0.2) is 11.1 Å². The van der Waals surface area contributed by atoms with Gasteiger partial charge in [0, 0.05) is 0 Å². The van der Waals surface area contributed by atoms with E-state index >= 15 is 0 Å². The molecule has 2 nitrogen and oxygen atoms in total. The Hall–Kier alpha value is -0.440. The summed E-state index contributed by atoms with van der Waals surface area (Å²) in [5.74, 6) is -0.828. The molecule has 0 aromatic rings. The molecule has 1 N–H and O–H groups in total. The van der Waals surface area contributed by atoms with E-state index in [1.54, 1.807) is 0 Å². The number of rotatable bonds is 2. The second-order valence-electron chi connectivity index (χ2n) is 0.983. The molecule has 0 aromatic heterocycles. The van der Waals surface area contributed by atoms with Gasteiger partial charge in [-0.15, -0.1) is 0 Å². The van der Waals surface area contributed by atoms with Crippen LogP contribution in [0.25, 0.3) is 0 Å². The van der Waals surface area contributed by atoms with Crippen LogP contribution in [0.1, 0.15) is 6.42 Å². The lowest BCUT2D eigenvalue weighted by Gasteiger charge is -1.77. The van der Waals surface area contributed by atoms with Crippen molar-refractivity contribution in [3.8, 4) is 0 Å². The van der Waals surface area contributed by atoms with Crippen LogP contribution < -0.4 is 0 Å². The molecule has 3 heteroatoms. The lowest BCUT2D eigenvalue weighted by molar-refractivity contribution is -0.135. The minimum absolute atomic E-state index is 0.0590. The Morgan fingerprint density at radius 2 is 2.43 bits per heavy atom. The minimum Gasteiger partial charge on any atom is -0.481 e. The lowest BCUT2D eigenvalue weighted by Crippen LogP contribution is -1.88. The zero-order valence-electron chi connectivity index (χ0n) is 3.66. The maximum absolute atomic E-state index is 9.67. The molecule has 0 saturated heterocycles. The second kappa shape index (κ2) is 3.74. The summed E-state index contributed by atoms with van der Waals surface area (Å²) in [4.78, 5) is 9.67. The summed E-state index contributed by atoms with van der Waals surface area (Å²) in [5.41, 5.74) is 0. The van der Waals surface area contributed by atoms with E-state index in [-0.39, 0.29) is 6.42 Å². The van der Waals surface area contributed by atoms with Crippen molar-refractivity contribution in [1.29, 1.82) is 0 Å². The Morgan fingerprint density at radius 1 is 1.86 bits per heavy atom. The summed E-state index contributed by atoms with van der Waals surface area (Å²) in [6.07, 6.45) is 1.52. The van der Waals surface area contributed by atoms with Gasteiger partial charge >= 0.3 is 5.97 Å². The number of carboxylic acid groups (broad SMARTS) is 1. The highest BCUT2D eigenvalue weighted by atomic mass is 32.1. The third-order valence-corrected chi connectivity index (χ3v) is 0.609. The molecule has 0 aliphatic carbocycles. The number of aliphatic carboxylic acids is 1. The van der Waals surface area contributed by atoms with E-state index in [2.05, 4.69) is 12.6 Å². The van der Waals surface area contributed by atoms with Gasteiger partial charge in [0.2, 0.25) is 0 Å². The van der Waals surface area contributed by atoms with Crippen molar-refractivity contribution in [2.45, 2.75) is 6.42 Å². The molecule has 0 aliphatic rings. The van der Waals surface area contributed by atoms with Crippen molar-refractivity contribution >= 4 is 18.6 Å². The van der Waals surface area contributed by atoms with E-state index in [1.165, 1.54) is 11.5 Å². The first-order valence-corrected chi connectivity index (χ1v) is 2.30. The summed E-state index contributed by atoms with van der Waals surface area (Å²) in [6.45, 7) is 0. The highest BCUT2D eigenvalue weighted by Crippen LogP contribution is 1.83. The highest BCUT2D eigenvalue weighted by Gasteiger charge is 1.85. The van der Waals surface area contributed by atoms with Crippen LogP contribution >= 0.6 is 12.6 Å². The van der Waals surface area contributed by atoms with E-state index in [0.29, 0.717) is 0 Å². The van der Waals surface area contributed by atoms with Gasteiger partial charge < -0.3 is 5.11 Å². The number of thiol groups is 1. The molecule has 0 spiro atoms. The molecule has 0 amide bonds. The molecule has 7 heavy (non-hydrogen) atoms. The predicted octanol–water partition coefficient (Wildman–Crippen LogP) is 0.905. The topological polar surface area (TPSA) is 37.3 Å². The maximum Gasteiger partial charge on any atom is 0.307 e. The van der Waals surface area contributed by atoms with Gasteiger partial charge in [-0.2, -0.15) is 12.6 Å². The lowest BCUT2D eigenvalue weighted by atomic mass is 10.4. The molecule has 0 unspecified atom stereocenters. The minimum atomic E-state index is -0.828. The van der Waals surface area contributed by atoms with Crippen LogP contribution in [0.3, 0.4) is 0 Å². The molecule has 0 heterocycles. The summed E-state index contributed by atoms with van der Waals surface area (Å²) in [5, 5.41) is 9.37. The zero-order chi connectivity index (χ0) is 5.70. The number of carbonyl (C=O) groups is 1. The standard InChI is InChI=1S/C4H6O2S/c5-4(6)2-1-3-7/h1,3,7H,2H2,(H,5,6)/b3-1+. The maximum atomic E-state index is 9.67. The largest absolute Gasteiger partial charge is 0.481 e. The van der Waals surface area contributed by atoms with Gasteiger partial charge in [-0.05, 0) is 5.41 Å². The molecule has 0 rings (SSSR count). The average molecular weight is 118 g/mol. The summed E-state index contributed by atoms with van der Waals surface area (Å²) in [6, 6.07) is 0. The van der Waals surface area contributed by atoms with Crippen LogP contribution in [-0.2, 0) is 4.79 Å². The van der Waals surface area contributed by atoms with Crippen molar-refractivity contribution in [3.05, 3.63) is 11.5 Å². The van der Waals surface area contributed by atoms with E-state index in [9.17, 15) is 4.79 Å². The SMILES string of the molecule is O=C(O)C/C=C/S. The molecule has 0 radical (unpaired) electrons. The van der Waals surface area contributed by atoms with Gasteiger partial charge in [-0.25, -0.2) is 0 Å². The summed E-state index contributed by atoms with van der Waals surface area (Å²) < 4.78 is 0. The fourth-order valence-corrected chi connectivity index (χ4v) is 0.259. The first-order chi connectivity index (χ1) is 3.27. The van der Waals surface area contributed by atoms with Crippen LogP contribution in [0.15, 0.2) is 11.5 Å². The molecule has 40 valence electrons. The number of hydrogen-bond donors (Lipinski definition) is 2. The first kappa shape index (κ1) is 6.56. The molecular weight excluding hydrogens is 112 g/mol. The van der Waals surface area contributed by atoms with E-state index in [4.69, 9.17) is 5.11 Å². The van der Waals surface area contributed by atoms with Crippen LogP contribution in [0.5, 0.6) is 0 Å². The quantitative estimate of drug-likeness (QED) is 0.529. The Bertz CT molecular complexity index is 87.7. The van der Waals surface area contributed by atoms with Crippen molar-refractivity contribution in [2.24, 2.45) is 0 Å². The zero-order valence-corrected chi connectivity index (χ0v) is 4.56. The summed E-state index contributed by atoms with van der Waals surface area (Å²) >= 11 is 3.65. The Labute approximate surface area is 47.3 Å². The molecule has 0 aliphatic heterocycles. The molecule has 0 atom stereocenters. The van der Waals surface area contributed by atoms with Crippen LogP contribution in [0, 0.1) is 0 Å². The second-order valence-corrected chi connectivity index (χ2v) is 1.28. The van der Waals surface area contributed by atoms with Crippen LogP contribution in [0.2, 0.25) is 0 Å². The predicted molar refractivity (Wildman–Crippen MR) is 30.4 cm³/mol. The number of hydrogen-bond acceptors (Lipinski definition) is 2. The van der Waals surface area contributed by atoms with Crippen molar-refractivity contribution in [3.63, 3.8) is 0 Å². The smallest absolute Gasteiger partial charge is 0.307 e. The normalized spacial score (nSPS) is 9.86. The Morgan fingerprint density at radius 3 is 2.57 bits per heavy atom. The van der Waals surface area contributed by atoms with Crippen molar-refractivity contribution in [1.82, 2.24) is 0 Å². The fourth-order valence-electron chi connectivity index (χ4n) is 0.154. The monoisotopic (exact) mass is 118 g/mol. The summed E-state index contributed by atoms with van der Waals surface area (Å²) in [7, 11) is 0. The van der Waals surface area contributed by atoms with Gasteiger partial charge in [-0.1, -0.05) is 6.08 Å². The van der Waals surface area contributed by atoms with E-state index < -0.39 is 5.97 Å². The first-order valence-electron chi connectivity index (χ1n) is 1.78. The molecule has 0 bridgehead atoms. The van der Waals surface area contributed by atoms with Crippen LogP contribution in [0.4, 0.5) is 0 Å². The number of carboxylic acids is 1. The Kier molecular flexibility index (Phi) is 3.50. The molecule has 0 fully saturated rings. The van der Waals surface area contributed by atoms with Crippen molar-refractivity contribution in [2.75, 3.05) is 0 Å². The van der Waals surface area contributed by atoms with Crippen molar-refractivity contribution < 1.29 is 9.90 Å². The van der Waals surface area contributed by atoms with Gasteiger partial charge in [0.25, 0.3) is 0 Å². The third kappa shape index (κ3) is 5.56. The average Bonchev–Trinajstić information content (AvgIpc) is 1.61. The molecular formula is C4H6O2S. The van der Waals surface area contributed by atoms with Gasteiger partial charge in [-0.3, -0.25) is 4.79 Å². The fraction of sp³-hybridized carbons (Fsp3) is 0.250. The molecule has 0 aromatic carbocycles. The highest BCUT2D eigenvalue weighted by molar-refractivity contribution is 7.83. The third-order valence-electron chi connectivity index (χ3n) is 0.398. The van der Waals surface area contributed by atoms with E-state index in [0.717, 1.165) is 0 Å². The Balaban J connectivity index is 3.14. The van der Waals surface area contributed by atoms with Gasteiger partial charge in [0.15, 0.2) is 0 Å². The molecule has 0 saturated carbocycles. The van der Waals surface area contributed by atoms with E-state index in [1.807, 2.05) is 0 Å². The van der Waals surface area contributed by atoms with Gasteiger partial charge in [0.05, 0.1) is 6.42 Å².